The Bertz CT molecular complexity index is 657. The van der Waals surface area contributed by atoms with E-state index in [2.05, 4.69) is 4.98 Å². The first kappa shape index (κ1) is 14.4. The van der Waals surface area contributed by atoms with Crippen molar-refractivity contribution in [3.63, 3.8) is 0 Å². The first-order valence-electron chi connectivity index (χ1n) is 7.23. The molecule has 1 aromatic heterocycles. The van der Waals surface area contributed by atoms with Crippen molar-refractivity contribution in [1.29, 1.82) is 0 Å². The molecule has 22 heavy (non-hydrogen) atoms. The highest BCUT2D eigenvalue weighted by Gasteiger charge is 2.24. The standard InChI is InChI=1S/C17H17NO4/c19-17(20)8-13-6-7-21-15-10-18-16(9-14(13)15)22-11-12-4-2-1-3-5-12/h1-5,9-10,13H,6-8,11H2,(H,19,20). The summed E-state index contributed by atoms with van der Waals surface area (Å²) in [4.78, 5) is 15.2. The van der Waals surface area contributed by atoms with Gasteiger partial charge in [0.15, 0.2) is 0 Å². The molecule has 1 unspecified atom stereocenters. The van der Waals surface area contributed by atoms with E-state index in [1.54, 1.807) is 12.3 Å². The Labute approximate surface area is 128 Å². The molecule has 0 spiro atoms. The van der Waals surface area contributed by atoms with Crippen molar-refractivity contribution in [2.75, 3.05) is 6.61 Å². The van der Waals surface area contributed by atoms with Crippen molar-refractivity contribution in [1.82, 2.24) is 4.98 Å². The van der Waals surface area contributed by atoms with Crippen LogP contribution in [-0.4, -0.2) is 22.7 Å². The Balaban J connectivity index is 1.75. The lowest BCUT2D eigenvalue weighted by molar-refractivity contribution is -0.137. The van der Waals surface area contributed by atoms with Gasteiger partial charge >= 0.3 is 5.97 Å². The summed E-state index contributed by atoms with van der Waals surface area (Å²) in [6, 6.07) is 11.6. The molecule has 0 saturated carbocycles. The van der Waals surface area contributed by atoms with E-state index in [-0.39, 0.29) is 12.3 Å². The minimum atomic E-state index is -0.804. The summed E-state index contributed by atoms with van der Waals surface area (Å²) in [6.07, 6.45) is 2.41. The van der Waals surface area contributed by atoms with E-state index in [1.807, 2.05) is 30.3 Å². The van der Waals surface area contributed by atoms with Gasteiger partial charge in [-0.25, -0.2) is 4.98 Å². The Morgan fingerprint density at radius 3 is 2.95 bits per heavy atom. The van der Waals surface area contributed by atoms with Crippen molar-refractivity contribution < 1.29 is 19.4 Å². The highest BCUT2D eigenvalue weighted by molar-refractivity contribution is 5.68. The molecule has 0 aliphatic carbocycles. The molecule has 5 heteroatoms. The topological polar surface area (TPSA) is 68.7 Å². The molecule has 0 amide bonds. The lowest BCUT2D eigenvalue weighted by Crippen LogP contribution is -2.17. The highest BCUT2D eigenvalue weighted by atomic mass is 16.5. The normalized spacial score (nSPS) is 16.5. The van der Waals surface area contributed by atoms with Gasteiger partial charge in [0.1, 0.15) is 12.4 Å². The SMILES string of the molecule is O=C(O)CC1CCOc2cnc(OCc3ccccc3)cc21. The lowest BCUT2D eigenvalue weighted by Gasteiger charge is -2.24. The number of nitrogens with zero attached hydrogens (tertiary/aromatic N) is 1. The molecule has 0 radical (unpaired) electrons. The Hall–Kier alpha value is -2.56. The number of carbonyl (C=O) groups is 1. The van der Waals surface area contributed by atoms with E-state index in [4.69, 9.17) is 14.6 Å². The van der Waals surface area contributed by atoms with E-state index in [0.717, 1.165) is 11.1 Å². The quantitative estimate of drug-likeness (QED) is 0.919. The second kappa shape index (κ2) is 6.47. The fourth-order valence-corrected chi connectivity index (χ4v) is 2.58. The highest BCUT2D eigenvalue weighted by Crippen LogP contribution is 2.37. The molecule has 1 aliphatic heterocycles. The van der Waals surface area contributed by atoms with Crippen LogP contribution < -0.4 is 9.47 Å². The number of benzene rings is 1. The first-order chi connectivity index (χ1) is 10.7. The number of carboxylic acids is 1. The Morgan fingerprint density at radius 2 is 2.18 bits per heavy atom. The van der Waals surface area contributed by atoms with Gasteiger partial charge < -0.3 is 14.6 Å². The third kappa shape index (κ3) is 3.36. The third-order valence-corrected chi connectivity index (χ3v) is 3.69. The second-order valence-electron chi connectivity index (χ2n) is 5.27. The van der Waals surface area contributed by atoms with Crippen LogP contribution in [0.25, 0.3) is 0 Å². The van der Waals surface area contributed by atoms with Crippen LogP contribution in [0.2, 0.25) is 0 Å². The molecule has 0 saturated heterocycles. The van der Waals surface area contributed by atoms with Crippen LogP contribution in [0, 0.1) is 0 Å². The lowest BCUT2D eigenvalue weighted by atomic mass is 9.91. The van der Waals surface area contributed by atoms with Crippen LogP contribution in [-0.2, 0) is 11.4 Å². The third-order valence-electron chi connectivity index (χ3n) is 3.69. The Kier molecular flexibility index (Phi) is 4.23. The summed E-state index contributed by atoms with van der Waals surface area (Å²) in [5, 5.41) is 9.02. The van der Waals surface area contributed by atoms with Gasteiger partial charge in [-0.15, -0.1) is 0 Å². The number of aliphatic carboxylic acids is 1. The molecule has 5 nitrogen and oxygen atoms in total. The average Bonchev–Trinajstić information content (AvgIpc) is 2.54. The van der Waals surface area contributed by atoms with Gasteiger partial charge in [-0.1, -0.05) is 30.3 Å². The summed E-state index contributed by atoms with van der Waals surface area (Å²) in [5.41, 5.74) is 1.92. The van der Waals surface area contributed by atoms with Crippen LogP contribution in [0.1, 0.15) is 29.9 Å². The predicted molar refractivity (Wildman–Crippen MR) is 80.1 cm³/mol. The maximum absolute atomic E-state index is 11.0. The number of fused-ring (bicyclic) bond motifs is 1. The van der Waals surface area contributed by atoms with Crippen LogP contribution in [0.5, 0.6) is 11.6 Å². The van der Waals surface area contributed by atoms with Gasteiger partial charge in [0, 0.05) is 17.5 Å². The predicted octanol–water partition coefficient (Wildman–Crippen LogP) is 3.00. The number of ether oxygens (including phenoxy) is 2. The molecule has 2 aromatic rings. The molecular weight excluding hydrogens is 282 g/mol. The summed E-state index contributed by atoms with van der Waals surface area (Å²) in [7, 11) is 0. The van der Waals surface area contributed by atoms with E-state index in [9.17, 15) is 4.79 Å². The molecule has 2 heterocycles. The largest absolute Gasteiger partial charge is 0.492 e. The summed E-state index contributed by atoms with van der Waals surface area (Å²) < 4.78 is 11.2. The molecule has 0 bridgehead atoms. The van der Waals surface area contributed by atoms with Crippen molar-refractivity contribution in [2.45, 2.75) is 25.4 Å². The van der Waals surface area contributed by atoms with Crippen LogP contribution in [0.3, 0.4) is 0 Å². The molecule has 0 fully saturated rings. The minimum Gasteiger partial charge on any atom is -0.492 e. The molecule has 1 aromatic carbocycles. The molecule has 114 valence electrons. The minimum absolute atomic E-state index is 0.0525. The van der Waals surface area contributed by atoms with Gasteiger partial charge in [0.05, 0.1) is 19.2 Å². The maximum Gasteiger partial charge on any atom is 0.303 e. The smallest absolute Gasteiger partial charge is 0.303 e. The van der Waals surface area contributed by atoms with Crippen molar-refractivity contribution >= 4 is 5.97 Å². The van der Waals surface area contributed by atoms with Crippen molar-refractivity contribution in [3.05, 3.63) is 53.7 Å². The van der Waals surface area contributed by atoms with Gasteiger partial charge in [-0.3, -0.25) is 4.79 Å². The zero-order chi connectivity index (χ0) is 15.4. The molecule has 1 N–H and O–H groups in total. The van der Waals surface area contributed by atoms with Gasteiger partial charge in [0.2, 0.25) is 5.88 Å². The first-order valence-corrected chi connectivity index (χ1v) is 7.23. The molecule has 3 rings (SSSR count). The van der Waals surface area contributed by atoms with E-state index >= 15 is 0 Å². The average molecular weight is 299 g/mol. The number of hydrogen-bond acceptors (Lipinski definition) is 4. The number of pyridine rings is 1. The van der Waals surface area contributed by atoms with E-state index < -0.39 is 5.97 Å². The van der Waals surface area contributed by atoms with Crippen LogP contribution in [0.4, 0.5) is 0 Å². The summed E-state index contributed by atoms with van der Waals surface area (Å²) >= 11 is 0. The molecular formula is C17H17NO4. The zero-order valence-corrected chi connectivity index (χ0v) is 12.1. The number of aromatic nitrogens is 1. The second-order valence-corrected chi connectivity index (χ2v) is 5.27. The van der Waals surface area contributed by atoms with E-state index in [0.29, 0.717) is 31.3 Å². The molecule has 1 atom stereocenters. The monoisotopic (exact) mass is 299 g/mol. The number of rotatable bonds is 5. The fraction of sp³-hybridized carbons (Fsp3) is 0.294. The van der Waals surface area contributed by atoms with E-state index in [1.165, 1.54) is 0 Å². The maximum atomic E-state index is 11.0. The van der Waals surface area contributed by atoms with Crippen LogP contribution >= 0.6 is 0 Å². The van der Waals surface area contributed by atoms with Gasteiger partial charge in [-0.05, 0) is 12.0 Å². The number of carboxylic acid groups (broad SMARTS) is 1. The summed E-state index contributed by atoms with van der Waals surface area (Å²) in [5.74, 6) is 0.290. The van der Waals surface area contributed by atoms with Crippen molar-refractivity contribution in [3.8, 4) is 11.6 Å². The number of hydrogen-bond donors (Lipinski definition) is 1. The Morgan fingerprint density at radius 1 is 1.36 bits per heavy atom. The van der Waals surface area contributed by atoms with Gasteiger partial charge in [0.25, 0.3) is 0 Å². The van der Waals surface area contributed by atoms with Crippen molar-refractivity contribution in [2.24, 2.45) is 0 Å². The summed E-state index contributed by atoms with van der Waals surface area (Å²) in [6.45, 7) is 0.952. The zero-order valence-electron chi connectivity index (χ0n) is 12.1. The fourth-order valence-electron chi connectivity index (χ4n) is 2.58. The van der Waals surface area contributed by atoms with Gasteiger partial charge in [-0.2, -0.15) is 0 Å². The van der Waals surface area contributed by atoms with Crippen LogP contribution in [0.15, 0.2) is 42.6 Å². The molecule has 1 aliphatic rings.